The highest BCUT2D eigenvalue weighted by atomic mass is 32.2. The molecule has 2 atom stereocenters. The van der Waals surface area contributed by atoms with Crippen molar-refractivity contribution in [2.24, 2.45) is 16.1 Å². The van der Waals surface area contributed by atoms with Crippen molar-refractivity contribution in [2.75, 3.05) is 31.3 Å². The molecule has 3 N–H and O–H groups in total. The van der Waals surface area contributed by atoms with Crippen LogP contribution in [0.15, 0.2) is 41.9 Å². The quantitative estimate of drug-likeness (QED) is 0.191. The van der Waals surface area contributed by atoms with Crippen molar-refractivity contribution in [1.29, 1.82) is 0 Å². The lowest BCUT2D eigenvalue weighted by molar-refractivity contribution is 0.198. The number of nitrogens with two attached hydrogens (primary N) is 1. The normalized spacial score (nSPS) is 19.1. The zero-order valence-corrected chi connectivity index (χ0v) is 20.9. The van der Waals surface area contributed by atoms with E-state index in [4.69, 9.17) is 22.7 Å². The summed E-state index contributed by atoms with van der Waals surface area (Å²) in [7, 11) is 2.16. The van der Waals surface area contributed by atoms with Crippen LogP contribution in [0.25, 0.3) is 0 Å². The van der Waals surface area contributed by atoms with Crippen LogP contribution in [0.1, 0.15) is 52.4 Å². The summed E-state index contributed by atoms with van der Waals surface area (Å²) < 4.78 is 5.94. The van der Waals surface area contributed by atoms with Gasteiger partial charge >= 0.3 is 0 Å². The maximum absolute atomic E-state index is 6.14. The molecule has 1 aromatic carbocycles. The molecule has 0 spiro atoms. The molecule has 5 nitrogen and oxygen atoms in total. The number of ether oxygens (including phenoxy) is 1. The van der Waals surface area contributed by atoms with Crippen molar-refractivity contribution in [2.45, 2.75) is 58.4 Å². The number of hydrogen-bond acceptors (Lipinski definition) is 4. The van der Waals surface area contributed by atoms with E-state index in [1.54, 1.807) is 11.8 Å². The van der Waals surface area contributed by atoms with Gasteiger partial charge in [0.2, 0.25) is 0 Å². The number of allylic oxidation sites excluding steroid dienone is 1. The van der Waals surface area contributed by atoms with E-state index in [2.05, 4.69) is 48.8 Å². The van der Waals surface area contributed by atoms with Gasteiger partial charge in [0.05, 0.1) is 0 Å². The summed E-state index contributed by atoms with van der Waals surface area (Å²) in [5.41, 5.74) is 7.10. The first-order valence-electron chi connectivity index (χ1n) is 11.3. The first-order valence-corrected chi connectivity index (χ1v) is 12.7. The second-order valence-electron chi connectivity index (χ2n) is 8.30. The number of benzene rings is 1. The fourth-order valence-electron chi connectivity index (χ4n) is 3.70. The predicted octanol–water partition coefficient (Wildman–Crippen LogP) is 5.68. The van der Waals surface area contributed by atoms with Crippen molar-refractivity contribution in [1.82, 2.24) is 4.90 Å². The number of hydrogen-bond donors (Lipinski definition) is 2. The summed E-state index contributed by atoms with van der Waals surface area (Å²) in [5, 5.41) is 3.97. The van der Waals surface area contributed by atoms with Gasteiger partial charge in [0, 0.05) is 17.5 Å². The van der Waals surface area contributed by atoms with Gasteiger partial charge in [-0.25, -0.2) is 0 Å². The van der Waals surface area contributed by atoms with E-state index in [-0.39, 0.29) is 5.41 Å². The van der Waals surface area contributed by atoms with Gasteiger partial charge in [-0.15, -0.1) is 6.58 Å². The number of likely N-dealkylation sites (N-methyl/N-ethyl adjacent to an activating group) is 1. The van der Waals surface area contributed by atoms with Crippen molar-refractivity contribution in [3.63, 3.8) is 0 Å². The Bertz CT molecular complexity index is 738. The second-order valence-corrected chi connectivity index (χ2v) is 9.69. The smallest absolute Gasteiger partial charge is 0.199 e. The highest BCUT2D eigenvalue weighted by molar-refractivity contribution is 8.13. The third-order valence-corrected chi connectivity index (χ3v) is 7.40. The van der Waals surface area contributed by atoms with E-state index in [0.29, 0.717) is 16.3 Å². The van der Waals surface area contributed by atoms with Crippen LogP contribution < -0.4 is 15.8 Å². The molecule has 2 unspecified atom stereocenters. The zero-order chi connectivity index (χ0) is 22.7. The first kappa shape index (κ1) is 25.7. The molecule has 1 heterocycles. The van der Waals surface area contributed by atoms with Crippen LogP contribution in [-0.2, 0) is 0 Å². The van der Waals surface area contributed by atoms with Crippen LogP contribution >= 0.6 is 24.0 Å². The lowest BCUT2D eigenvalue weighted by Crippen LogP contribution is -2.30. The molecule has 1 fully saturated rings. The molecule has 0 aromatic heterocycles. The average molecular weight is 463 g/mol. The molecule has 172 valence electrons. The number of aliphatic imine (C=N–C) groups is 1. The Morgan fingerprint density at radius 1 is 1.42 bits per heavy atom. The van der Waals surface area contributed by atoms with Crippen LogP contribution in [-0.4, -0.2) is 47.2 Å². The molecule has 0 amide bonds. The Balaban J connectivity index is 1.82. The van der Waals surface area contributed by atoms with E-state index < -0.39 is 0 Å². The van der Waals surface area contributed by atoms with Gasteiger partial charge in [0.15, 0.2) is 10.3 Å². The summed E-state index contributed by atoms with van der Waals surface area (Å²) in [6.45, 7) is 10.3. The van der Waals surface area contributed by atoms with Crippen molar-refractivity contribution in [3.8, 4) is 5.75 Å². The molecule has 7 heteroatoms. The number of amidine groups is 1. The van der Waals surface area contributed by atoms with Crippen molar-refractivity contribution < 1.29 is 4.74 Å². The fraction of sp³-hybridized carbons (Fsp3) is 0.583. The third-order valence-electron chi connectivity index (χ3n) is 6.10. The van der Waals surface area contributed by atoms with Gasteiger partial charge in [-0.3, -0.25) is 0 Å². The van der Waals surface area contributed by atoms with E-state index in [1.807, 2.05) is 24.3 Å². The highest BCUT2D eigenvalue weighted by Crippen LogP contribution is 2.34. The lowest BCUT2D eigenvalue weighted by atomic mass is 9.82. The molecule has 1 aliphatic heterocycles. The van der Waals surface area contributed by atoms with E-state index in [1.165, 1.54) is 25.7 Å². The monoisotopic (exact) mass is 462 g/mol. The Hall–Kier alpha value is -1.57. The minimum atomic E-state index is 0.0962. The third kappa shape index (κ3) is 8.47. The summed E-state index contributed by atoms with van der Waals surface area (Å²) in [5.74, 6) is 1.73. The minimum Gasteiger partial charge on any atom is -0.492 e. The Morgan fingerprint density at radius 2 is 2.16 bits per heavy atom. The molecule has 0 radical (unpaired) electrons. The van der Waals surface area contributed by atoms with Crippen LogP contribution in [0.4, 0.5) is 5.69 Å². The summed E-state index contributed by atoms with van der Waals surface area (Å²) in [6, 6.07) is 8.31. The number of nitrogens with one attached hydrogen (secondary N) is 1. The lowest BCUT2D eigenvalue weighted by Gasteiger charge is -2.28. The Kier molecular flexibility index (Phi) is 10.8. The van der Waals surface area contributed by atoms with E-state index in [0.717, 1.165) is 43.2 Å². The minimum absolute atomic E-state index is 0.0962. The number of nitrogens with zero attached hydrogens (tertiary/aromatic N) is 2. The molecule has 0 bridgehead atoms. The number of anilines is 1. The van der Waals surface area contributed by atoms with Gasteiger partial charge in [-0.1, -0.05) is 44.5 Å². The van der Waals surface area contributed by atoms with Crippen LogP contribution in [0, 0.1) is 5.41 Å². The predicted molar refractivity (Wildman–Crippen MR) is 140 cm³/mol. The summed E-state index contributed by atoms with van der Waals surface area (Å²) in [4.78, 5) is 6.71. The fourth-order valence-corrected chi connectivity index (χ4v) is 5.03. The van der Waals surface area contributed by atoms with Gasteiger partial charge in [-0.05, 0) is 81.2 Å². The molecule has 1 aromatic rings. The van der Waals surface area contributed by atoms with Crippen molar-refractivity contribution >= 4 is 39.9 Å². The molecular weight excluding hydrogens is 424 g/mol. The number of likely N-dealkylation sites (tertiary alicyclic amines) is 1. The molecule has 1 saturated heterocycles. The first-order chi connectivity index (χ1) is 14.9. The topological polar surface area (TPSA) is 62.9 Å². The molecule has 0 aliphatic carbocycles. The number of thiocarbonyl (C=S) groups is 1. The number of thioether (sulfide) groups is 1. The number of unbranched alkanes of at least 4 members (excludes halogenated alkanes) is 1. The molecule has 1 aliphatic rings. The van der Waals surface area contributed by atoms with Crippen molar-refractivity contribution in [3.05, 3.63) is 36.9 Å². The van der Waals surface area contributed by atoms with E-state index >= 15 is 0 Å². The maximum Gasteiger partial charge on any atom is 0.199 e. The molecule has 0 saturated carbocycles. The van der Waals surface area contributed by atoms with Crippen LogP contribution in [0.5, 0.6) is 5.75 Å². The van der Waals surface area contributed by atoms with E-state index in [9.17, 15) is 0 Å². The SMILES string of the molecule is C=CC(CC)(CCCC)CS/C(N)=N/C(=S)Nc1ccc(OCC2CCCN2C)cc1. The number of rotatable bonds is 11. The molecule has 31 heavy (non-hydrogen) atoms. The van der Waals surface area contributed by atoms with Crippen LogP contribution in [0.2, 0.25) is 0 Å². The Labute approximate surface area is 197 Å². The summed E-state index contributed by atoms with van der Waals surface area (Å²) >= 11 is 6.92. The maximum atomic E-state index is 6.14. The highest BCUT2D eigenvalue weighted by Gasteiger charge is 2.24. The van der Waals surface area contributed by atoms with Crippen LogP contribution in [0.3, 0.4) is 0 Å². The zero-order valence-electron chi connectivity index (χ0n) is 19.2. The van der Waals surface area contributed by atoms with Gasteiger partial charge < -0.3 is 20.7 Å². The molecule has 2 rings (SSSR count). The standard InChI is InChI=1S/C24H38N4OS2/c1-5-8-15-24(6-2,7-3)18-31-22(25)27-23(30)26-19-11-13-21(14-12-19)29-17-20-10-9-16-28(20)4/h6,11-14,20H,2,5,7-10,15-18H2,1,3-4H3,(H3,25,26,27,30). The largest absolute Gasteiger partial charge is 0.492 e. The Morgan fingerprint density at radius 3 is 2.74 bits per heavy atom. The summed E-state index contributed by atoms with van der Waals surface area (Å²) in [6.07, 6.45) is 9.07. The second kappa shape index (κ2) is 13.1. The van der Waals surface area contributed by atoms with Gasteiger partial charge in [0.25, 0.3) is 0 Å². The average Bonchev–Trinajstić information content (AvgIpc) is 3.18. The molecular formula is C24H38N4OS2. The van der Waals surface area contributed by atoms with Gasteiger partial charge in [0.1, 0.15) is 12.4 Å². The van der Waals surface area contributed by atoms with Gasteiger partial charge in [-0.2, -0.15) is 4.99 Å².